The summed E-state index contributed by atoms with van der Waals surface area (Å²) in [6.07, 6.45) is 1.54. The van der Waals surface area contributed by atoms with Crippen LogP contribution in [-0.2, 0) is 14.6 Å². The molecule has 2 atom stereocenters. The van der Waals surface area contributed by atoms with E-state index in [1.807, 2.05) is 0 Å². The minimum atomic E-state index is -3.33. The summed E-state index contributed by atoms with van der Waals surface area (Å²) >= 11 is 16.5. The number of amides is 1. The highest BCUT2D eigenvalue weighted by molar-refractivity contribution is 7.91. The van der Waals surface area contributed by atoms with Crippen LogP contribution >= 0.6 is 34.8 Å². The zero-order valence-corrected chi connectivity index (χ0v) is 15.7. The number of aliphatic imine (C=N–C) groups is 1. The molecule has 0 saturated carbocycles. The van der Waals surface area contributed by atoms with Gasteiger partial charge in [0, 0.05) is 6.21 Å². The third-order valence-electron chi connectivity index (χ3n) is 3.43. The molecule has 1 N–H and O–H groups in total. The quantitative estimate of drug-likeness (QED) is 0.602. The Labute approximate surface area is 155 Å². The monoisotopic (exact) mass is 412 g/mol. The summed E-state index contributed by atoms with van der Waals surface area (Å²) in [5.74, 6) is -0.600. The number of ether oxygens (including phenoxy) is 1. The fourth-order valence-electron chi connectivity index (χ4n) is 2.24. The van der Waals surface area contributed by atoms with E-state index in [1.54, 1.807) is 37.6 Å². The second-order valence-corrected chi connectivity index (χ2v) is 9.71. The number of sulfone groups is 1. The Morgan fingerprint density at radius 3 is 2.46 bits per heavy atom. The summed E-state index contributed by atoms with van der Waals surface area (Å²) in [5.41, 5.74) is 0.770. The van der Waals surface area contributed by atoms with Crippen molar-refractivity contribution in [3.05, 3.63) is 29.8 Å². The molecule has 0 spiro atoms. The molecule has 0 unspecified atom stereocenters. The summed E-state index contributed by atoms with van der Waals surface area (Å²) in [4.78, 5) is 16.0. The van der Waals surface area contributed by atoms with E-state index < -0.39 is 31.6 Å². The maximum absolute atomic E-state index is 11.8. The van der Waals surface area contributed by atoms with Gasteiger partial charge in [-0.3, -0.25) is 9.79 Å². The first kappa shape index (κ1) is 19.3. The molecule has 24 heavy (non-hydrogen) atoms. The number of alkyl halides is 3. The molecule has 0 aromatic heterocycles. The lowest BCUT2D eigenvalue weighted by atomic mass is 10.1. The minimum Gasteiger partial charge on any atom is -0.497 e. The molecule has 1 aliphatic rings. The number of benzene rings is 1. The van der Waals surface area contributed by atoms with Gasteiger partial charge >= 0.3 is 0 Å². The smallest absolute Gasteiger partial charge is 0.272 e. The van der Waals surface area contributed by atoms with E-state index in [0.717, 1.165) is 5.56 Å². The van der Waals surface area contributed by atoms with Crippen molar-refractivity contribution in [1.82, 2.24) is 5.32 Å². The van der Waals surface area contributed by atoms with Crippen molar-refractivity contribution in [2.45, 2.75) is 15.9 Å². The van der Waals surface area contributed by atoms with Crippen molar-refractivity contribution in [2.75, 3.05) is 18.6 Å². The van der Waals surface area contributed by atoms with E-state index in [-0.39, 0.29) is 11.5 Å². The van der Waals surface area contributed by atoms with Crippen molar-refractivity contribution in [2.24, 2.45) is 4.99 Å². The Kier molecular flexibility index (Phi) is 6.01. The van der Waals surface area contributed by atoms with E-state index in [1.165, 1.54) is 0 Å². The third-order valence-corrected chi connectivity index (χ3v) is 5.66. The van der Waals surface area contributed by atoms with Gasteiger partial charge in [-0.05, 0) is 29.8 Å². The highest BCUT2D eigenvalue weighted by Crippen LogP contribution is 2.27. The molecule has 10 heteroatoms. The van der Waals surface area contributed by atoms with E-state index in [4.69, 9.17) is 39.5 Å². The molecule has 2 rings (SSSR count). The van der Waals surface area contributed by atoms with Crippen LogP contribution in [0.15, 0.2) is 29.3 Å². The first-order valence-corrected chi connectivity index (χ1v) is 9.81. The molecule has 1 fully saturated rings. The molecule has 1 aromatic rings. The molecule has 6 nitrogen and oxygen atoms in total. The molecular weight excluding hydrogens is 399 g/mol. The number of carbonyl (C=O) groups is 1. The van der Waals surface area contributed by atoms with Gasteiger partial charge in [-0.2, -0.15) is 0 Å². The number of nitrogens with one attached hydrogen (secondary N) is 1. The number of nitrogens with zero attached hydrogens (tertiary/aromatic N) is 1. The van der Waals surface area contributed by atoms with Crippen LogP contribution in [0.1, 0.15) is 5.56 Å². The number of carbonyl (C=O) groups excluding carboxylic acids is 1. The first-order valence-electron chi connectivity index (χ1n) is 6.86. The van der Waals surface area contributed by atoms with Crippen LogP contribution in [0, 0.1) is 0 Å². The van der Waals surface area contributed by atoms with Crippen LogP contribution < -0.4 is 10.1 Å². The summed E-state index contributed by atoms with van der Waals surface area (Å²) in [7, 11) is -1.77. The Morgan fingerprint density at radius 1 is 1.29 bits per heavy atom. The Hall–Kier alpha value is -1.02. The van der Waals surface area contributed by atoms with Gasteiger partial charge in [0.2, 0.25) is 0 Å². The fourth-order valence-corrected chi connectivity index (χ4v) is 4.23. The molecular formula is C14H15Cl3N2O4S. The van der Waals surface area contributed by atoms with E-state index in [9.17, 15) is 13.2 Å². The predicted octanol–water partition coefficient (Wildman–Crippen LogP) is 1.77. The van der Waals surface area contributed by atoms with Gasteiger partial charge in [0.25, 0.3) is 9.70 Å². The SMILES string of the molecule is COc1ccc(C=N[C@H]2CS(=O)(=O)C[C@H]2NC(=O)C(Cl)(Cl)Cl)cc1. The van der Waals surface area contributed by atoms with Crippen molar-refractivity contribution in [1.29, 1.82) is 0 Å². The Morgan fingerprint density at radius 2 is 1.92 bits per heavy atom. The highest BCUT2D eigenvalue weighted by atomic mass is 35.6. The zero-order valence-electron chi connectivity index (χ0n) is 12.6. The first-order chi connectivity index (χ1) is 11.1. The van der Waals surface area contributed by atoms with E-state index in [2.05, 4.69) is 10.3 Å². The van der Waals surface area contributed by atoms with Crippen molar-refractivity contribution < 1.29 is 17.9 Å². The lowest BCUT2D eigenvalue weighted by Gasteiger charge is -2.19. The van der Waals surface area contributed by atoms with E-state index in [0.29, 0.717) is 5.75 Å². The van der Waals surface area contributed by atoms with Crippen LogP contribution in [0.2, 0.25) is 0 Å². The zero-order chi connectivity index (χ0) is 18.0. The molecule has 0 radical (unpaired) electrons. The maximum atomic E-state index is 11.8. The lowest BCUT2D eigenvalue weighted by molar-refractivity contribution is -0.120. The number of halogens is 3. The van der Waals surface area contributed by atoms with Crippen LogP contribution in [0.4, 0.5) is 0 Å². The second-order valence-electron chi connectivity index (χ2n) is 5.27. The van der Waals surface area contributed by atoms with Crippen molar-refractivity contribution in [3.63, 3.8) is 0 Å². The predicted molar refractivity (Wildman–Crippen MR) is 95.3 cm³/mol. The summed E-state index contributed by atoms with van der Waals surface area (Å²) < 4.78 is 26.6. The van der Waals surface area contributed by atoms with Crippen LogP contribution in [0.25, 0.3) is 0 Å². The standard InChI is InChI=1S/C14H15Cl3N2O4S/c1-23-10-4-2-9(3-5-10)6-18-11-7-24(21,22)8-12(11)19-13(20)14(15,16)17/h2-6,11-12H,7-8H2,1H3,(H,19,20)/t11-,12+/m0/s1. The summed E-state index contributed by atoms with van der Waals surface area (Å²) in [5, 5.41) is 2.43. The number of rotatable bonds is 4. The third kappa shape index (κ3) is 5.24. The minimum absolute atomic E-state index is 0.176. The van der Waals surface area contributed by atoms with Crippen LogP contribution in [-0.4, -0.2) is 55.0 Å². The Bertz CT molecular complexity index is 729. The van der Waals surface area contributed by atoms with Gasteiger partial charge in [-0.25, -0.2) is 8.42 Å². The average Bonchev–Trinajstić information content (AvgIpc) is 2.78. The number of methoxy groups -OCH3 is 1. The second kappa shape index (κ2) is 7.47. The average molecular weight is 414 g/mol. The van der Waals surface area contributed by atoms with E-state index >= 15 is 0 Å². The molecule has 1 saturated heterocycles. The molecule has 1 aliphatic heterocycles. The Balaban J connectivity index is 2.13. The summed E-state index contributed by atoms with van der Waals surface area (Å²) in [6.45, 7) is 0. The maximum Gasteiger partial charge on any atom is 0.272 e. The topological polar surface area (TPSA) is 84.8 Å². The van der Waals surface area contributed by atoms with Crippen LogP contribution in [0.3, 0.4) is 0 Å². The van der Waals surface area contributed by atoms with Gasteiger partial charge in [0.1, 0.15) is 5.75 Å². The number of hydrogen-bond acceptors (Lipinski definition) is 5. The molecule has 1 heterocycles. The van der Waals surface area contributed by atoms with Gasteiger partial charge in [0.15, 0.2) is 9.84 Å². The van der Waals surface area contributed by atoms with Crippen molar-refractivity contribution >= 4 is 56.8 Å². The fraction of sp³-hybridized carbons (Fsp3) is 0.429. The van der Waals surface area contributed by atoms with Crippen molar-refractivity contribution in [3.8, 4) is 5.75 Å². The van der Waals surface area contributed by atoms with Gasteiger partial charge in [-0.15, -0.1) is 0 Å². The van der Waals surface area contributed by atoms with Gasteiger partial charge < -0.3 is 10.1 Å². The normalized spacial score (nSPS) is 23.3. The largest absolute Gasteiger partial charge is 0.497 e. The van der Waals surface area contributed by atoms with Gasteiger partial charge in [-0.1, -0.05) is 34.8 Å². The highest BCUT2D eigenvalue weighted by Gasteiger charge is 2.41. The van der Waals surface area contributed by atoms with Gasteiger partial charge in [0.05, 0.1) is 30.7 Å². The molecule has 0 bridgehead atoms. The molecule has 1 amide bonds. The number of hydrogen-bond donors (Lipinski definition) is 1. The molecule has 1 aromatic carbocycles. The molecule has 0 aliphatic carbocycles. The summed E-state index contributed by atoms with van der Waals surface area (Å²) in [6, 6.07) is 5.69. The lowest BCUT2D eigenvalue weighted by Crippen LogP contribution is -2.46. The molecule has 132 valence electrons. The van der Waals surface area contributed by atoms with Crippen LogP contribution in [0.5, 0.6) is 5.75 Å².